The normalized spacial score (nSPS) is 12.6. The predicted octanol–water partition coefficient (Wildman–Crippen LogP) is 3.91. The van der Waals surface area contributed by atoms with Crippen LogP contribution in [-0.2, 0) is 25.8 Å². The molecule has 0 saturated carbocycles. The SMILES string of the molecule is Cc1cccc(NC(=O)CS(=O)(=O)c2nnc([C@H](Cc3ccccc3)NC(=O)OC(C)(C)C)o2)c1C. The van der Waals surface area contributed by atoms with Crippen molar-refractivity contribution in [3.63, 3.8) is 0 Å². The lowest BCUT2D eigenvalue weighted by Crippen LogP contribution is -2.36. The number of hydrogen-bond acceptors (Lipinski definition) is 8. The van der Waals surface area contributed by atoms with Crippen LogP contribution in [0.2, 0.25) is 0 Å². The first-order valence-corrected chi connectivity index (χ1v) is 12.9. The lowest BCUT2D eigenvalue weighted by atomic mass is 10.1. The summed E-state index contributed by atoms with van der Waals surface area (Å²) in [7, 11) is -4.24. The molecular weight excluding hydrogens is 484 g/mol. The van der Waals surface area contributed by atoms with Crippen molar-refractivity contribution < 1.29 is 27.2 Å². The van der Waals surface area contributed by atoms with E-state index in [2.05, 4.69) is 20.8 Å². The van der Waals surface area contributed by atoms with Crippen LogP contribution in [0.1, 0.15) is 49.4 Å². The van der Waals surface area contributed by atoms with Crippen molar-refractivity contribution in [1.82, 2.24) is 15.5 Å². The van der Waals surface area contributed by atoms with E-state index in [1.165, 1.54) is 0 Å². The maximum Gasteiger partial charge on any atom is 0.408 e. The highest BCUT2D eigenvalue weighted by molar-refractivity contribution is 7.91. The Kier molecular flexibility index (Phi) is 8.13. The molecule has 1 atom stereocenters. The number of amides is 2. The maximum atomic E-state index is 12.8. The number of alkyl carbamates (subject to hydrolysis) is 1. The fourth-order valence-corrected chi connectivity index (χ4v) is 4.21. The van der Waals surface area contributed by atoms with Gasteiger partial charge in [0.25, 0.3) is 0 Å². The zero-order chi connectivity index (χ0) is 26.5. The van der Waals surface area contributed by atoms with Crippen molar-refractivity contribution in [2.24, 2.45) is 0 Å². The number of benzene rings is 2. The Morgan fingerprint density at radius 2 is 1.72 bits per heavy atom. The second kappa shape index (κ2) is 10.9. The van der Waals surface area contributed by atoms with Crippen LogP contribution in [0, 0.1) is 13.8 Å². The Morgan fingerprint density at radius 1 is 1.03 bits per heavy atom. The molecule has 1 aromatic heterocycles. The van der Waals surface area contributed by atoms with E-state index in [9.17, 15) is 18.0 Å². The van der Waals surface area contributed by atoms with Gasteiger partial charge >= 0.3 is 11.3 Å². The van der Waals surface area contributed by atoms with Gasteiger partial charge in [-0.15, -0.1) is 5.10 Å². The molecule has 0 aliphatic rings. The number of nitrogens with one attached hydrogen (secondary N) is 2. The Morgan fingerprint density at radius 3 is 2.39 bits per heavy atom. The van der Waals surface area contributed by atoms with Gasteiger partial charge in [-0.25, -0.2) is 13.2 Å². The number of carbonyl (C=O) groups is 2. The van der Waals surface area contributed by atoms with E-state index < -0.39 is 44.5 Å². The number of aromatic nitrogens is 2. The molecule has 0 bridgehead atoms. The number of rotatable bonds is 8. The molecule has 0 unspecified atom stereocenters. The van der Waals surface area contributed by atoms with Crippen molar-refractivity contribution in [2.45, 2.75) is 57.9 Å². The number of nitrogens with zero attached hydrogens (tertiary/aromatic N) is 2. The first-order valence-electron chi connectivity index (χ1n) is 11.3. The summed E-state index contributed by atoms with van der Waals surface area (Å²) in [5, 5.41) is 12.0. The lowest BCUT2D eigenvalue weighted by Gasteiger charge is -2.22. The number of ether oxygens (including phenoxy) is 1. The molecule has 0 aliphatic carbocycles. The van der Waals surface area contributed by atoms with Crippen LogP contribution < -0.4 is 10.6 Å². The van der Waals surface area contributed by atoms with E-state index in [0.29, 0.717) is 5.69 Å². The van der Waals surface area contributed by atoms with Gasteiger partial charge in [-0.3, -0.25) is 4.79 Å². The van der Waals surface area contributed by atoms with Crippen LogP contribution in [0.15, 0.2) is 58.2 Å². The second-order valence-electron chi connectivity index (χ2n) is 9.35. The average Bonchev–Trinajstić information content (AvgIpc) is 3.27. The molecule has 2 amide bonds. The third kappa shape index (κ3) is 7.38. The second-order valence-corrected chi connectivity index (χ2v) is 11.2. The molecule has 0 aliphatic heterocycles. The summed E-state index contributed by atoms with van der Waals surface area (Å²) in [5.74, 6) is -1.75. The standard InChI is InChI=1S/C25H30N4O6S/c1-16-10-9-13-19(17(16)2)26-21(30)15-36(32,33)24-29-28-22(34-24)20(14-18-11-7-6-8-12-18)27-23(31)35-25(3,4)5/h6-13,20H,14-15H2,1-5H3,(H,26,30)(H,27,31)/t20-/m0/s1. The zero-order valence-corrected chi connectivity index (χ0v) is 21.7. The van der Waals surface area contributed by atoms with Crippen molar-refractivity contribution in [3.05, 3.63) is 71.1 Å². The number of aryl methyl sites for hydroxylation is 1. The molecule has 0 saturated heterocycles. The maximum absolute atomic E-state index is 12.8. The predicted molar refractivity (Wildman–Crippen MR) is 133 cm³/mol. The number of anilines is 1. The fraction of sp³-hybridized carbons (Fsp3) is 0.360. The molecule has 2 aromatic carbocycles. The highest BCUT2D eigenvalue weighted by Crippen LogP contribution is 2.22. The van der Waals surface area contributed by atoms with Gasteiger partial charge < -0.3 is 19.8 Å². The Balaban J connectivity index is 1.78. The Bertz CT molecular complexity index is 1330. The smallest absolute Gasteiger partial charge is 0.408 e. The highest BCUT2D eigenvalue weighted by Gasteiger charge is 2.30. The number of sulfone groups is 1. The van der Waals surface area contributed by atoms with Crippen LogP contribution >= 0.6 is 0 Å². The average molecular weight is 515 g/mol. The van der Waals surface area contributed by atoms with Crippen molar-refractivity contribution in [3.8, 4) is 0 Å². The van der Waals surface area contributed by atoms with Gasteiger partial charge in [0.1, 0.15) is 17.4 Å². The van der Waals surface area contributed by atoms with Crippen LogP contribution in [0.5, 0.6) is 0 Å². The molecule has 1 heterocycles. The van der Waals surface area contributed by atoms with E-state index >= 15 is 0 Å². The van der Waals surface area contributed by atoms with Crippen LogP contribution in [0.4, 0.5) is 10.5 Å². The van der Waals surface area contributed by atoms with E-state index in [-0.39, 0.29) is 12.3 Å². The minimum absolute atomic E-state index is 0.127. The third-order valence-electron chi connectivity index (χ3n) is 5.16. The van der Waals surface area contributed by atoms with Gasteiger partial charge in [-0.1, -0.05) is 47.6 Å². The summed E-state index contributed by atoms with van der Waals surface area (Å²) >= 11 is 0. The summed E-state index contributed by atoms with van der Waals surface area (Å²) in [4.78, 5) is 24.9. The summed E-state index contributed by atoms with van der Waals surface area (Å²) in [5.41, 5.74) is 2.41. The molecule has 2 N–H and O–H groups in total. The van der Waals surface area contributed by atoms with Gasteiger partial charge in [0.15, 0.2) is 0 Å². The molecule has 10 nitrogen and oxygen atoms in total. The molecular formula is C25H30N4O6S. The molecule has 192 valence electrons. The molecule has 0 fully saturated rings. The van der Waals surface area contributed by atoms with Gasteiger partial charge in [-0.05, 0) is 57.4 Å². The third-order valence-corrected chi connectivity index (χ3v) is 6.50. The minimum atomic E-state index is -4.24. The largest absolute Gasteiger partial charge is 0.444 e. The summed E-state index contributed by atoms with van der Waals surface area (Å²) in [6.45, 7) is 8.88. The number of carbonyl (C=O) groups excluding carboxylic acids is 2. The summed E-state index contributed by atoms with van der Waals surface area (Å²) in [6, 6.07) is 13.7. The van der Waals surface area contributed by atoms with Crippen molar-refractivity contribution in [1.29, 1.82) is 0 Å². The molecule has 11 heteroatoms. The van der Waals surface area contributed by atoms with E-state index in [4.69, 9.17) is 9.15 Å². The topological polar surface area (TPSA) is 140 Å². The van der Waals surface area contributed by atoms with Crippen LogP contribution in [0.25, 0.3) is 0 Å². The van der Waals surface area contributed by atoms with Crippen LogP contribution in [-0.4, -0.2) is 42.0 Å². The van der Waals surface area contributed by atoms with E-state index in [1.54, 1.807) is 32.9 Å². The van der Waals surface area contributed by atoms with Gasteiger partial charge in [-0.2, -0.15) is 0 Å². The van der Waals surface area contributed by atoms with E-state index in [0.717, 1.165) is 16.7 Å². The van der Waals surface area contributed by atoms with E-state index in [1.807, 2.05) is 50.2 Å². The summed E-state index contributed by atoms with van der Waals surface area (Å²) < 4.78 is 36.4. The first-order chi connectivity index (χ1) is 16.8. The lowest BCUT2D eigenvalue weighted by molar-refractivity contribution is -0.113. The molecule has 36 heavy (non-hydrogen) atoms. The van der Waals surface area contributed by atoms with Crippen LogP contribution in [0.3, 0.4) is 0 Å². The molecule has 3 aromatic rings. The highest BCUT2D eigenvalue weighted by atomic mass is 32.2. The van der Waals surface area contributed by atoms with Gasteiger partial charge in [0.05, 0.1) is 0 Å². The van der Waals surface area contributed by atoms with Gasteiger partial charge in [0, 0.05) is 12.1 Å². The Labute approximate surface area is 210 Å². The monoisotopic (exact) mass is 514 g/mol. The fourth-order valence-electron chi connectivity index (χ4n) is 3.29. The quantitative estimate of drug-likeness (QED) is 0.461. The zero-order valence-electron chi connectivity index (χ0n) is 20.9. The first kappa shape index (κ1) is 26.9. The molecule has 3 rings (SSSR count). The van der Waals surface area contributed by atoms with Crippen molar-refractivity contribution in [2.75, 3.05) is 11.1 Å². The minimum Gasteiger partial charge on any atom is -0.444 e. The molecule has 0 spiro atoms. The number of hydrogen-bond donors (Lipinski definition) is 2. The summed E-state index contributed by atoms with van der Waals surface area (Å²) in [6.07, 6.45) is -0.478. The Hall–Kier alpha value is -3.73. The van der Waals surface area contributed by atoms with Crippen molar-refractivity contribution >= 4 is 27.5 Å². The molecule has 0 radical (unpaired) electrons. The van der Waals surface area contributed by atoms with Gasteiger partial charge in [0.2, 0.25) is 21.6 Å².